The van der Waals surface area contributed by atoms with Crippen molar-refractivity contribution in [1.29, 1.82) is 0 Å². The van der Waals surface area contributed by atoms with Crippen LogP contribution in [0.2, 0.25) is 0 Å². The second-order valence-corrected chi connectivity index (χ2v) is 5.58. The van der Waals surface area contributed by atoms with Gasteiger partial charge in [-0.05, 0) is 31.0 Å². The summed E-state index contributed by atoms with van der Waals surface area (Å²) < 4.78 is 0. The zero-order valence-electron chi connectivity index (χ0n) is 13.1. The molecule has 0 heterocycles. The summed E-state index contributed by atoms with van der Waals surface area (Å²) in [7, 11) is 0. The van der Waals surface area contributed by atoms with Crippen LogP contribution in [0.4, 0.5) is 11.4 Å². The maximum absolute atomic E-state index is 11.9. The summed E-state index contributed by atoms with van der Waals surface area (Å²) in [6.07, 6.45) is 0.595. The zero-order valence-corrected chi connectivity index (χ0v) is 13.1. The number of amides is 1. The molecule has 0 aromatic heterocycles. The van der Waals surface area contributed by atoms with Crippen molar-refractivity contribution in [2.24, 2.45) is 5.92 Å². The molecule has 0 bridgehead atoms. The fraction of sp³-hybridized carbons (Fsp3) is 0.467. The van der Waals surface area contributed by atoms with Crippen LogP contribution in [-0.2, 0) is 9.59 Å². The van der Waals surface area contributed by atoms with Crippen molar-refractivity contribution in [2.75, 3.05) is 11.9 Å². The van der Waals surface area contributed by atoms with E-state index in [2.05, 4.69) is 10.6 Å². The molecular formula is C15H21N3O5. The van der Waals surface area contributed by atoms with E-state index in [0.29, 0.717) is 18.2 Å². The molecule has 0 radical (unpaired) electrons. The molecule has 0 saturated carbocycles. The van der Waals surface area contributed by atoms with Crippen LogP contribution >= 0.6 is 0 Å². The van der Waals surface area contributed by atoms with Crippen LogP contribution in [-0.4, -0.2) is 34.5 Å². The normalized spacial score (nSPS) is 12.0. The third-order valence-corrected chi connectivity index (χ3v) is 3.16. The zero-order chi connectivity index (χ0) is 17.4. The molecule has 8 heteroatoms. The second-order valence-electron chi connectivity index (χ2n) is 5.58. The molecule has 0 saturated heterocycles. The summed E-state index contributed by atoms with van der Waals surface area (Å²) in [6, 6.07) is 4.37. The number of carbonyl (C=O) groups excluding carboxylic acids is 1. The molecule has 1 unspecified atom stereocenters. The first-order valence-electron chi connectivity index (χ1n) is 7.30. The quantitative estimate of drug-likeness (QED) is 0.472. The van der Waals surface area contributed by atoms with Gasteiger partial charge >= 0.3 is 5.97 Å². The number of non-ortho nitro benzene ring substituents is 1. The van der Waals surface area contributed by atoms with Gasteiger partial charge in [-0.2, -0.15) is 0 Å². The van der Waals surface area contributed by atoms with Crippen LogP contribution in [0.3, 0.4) is 0 Å². The van der Waals surface area contributed by atoms with Crippen molar-refractivity contribution < 1.29 is 19.6 Å². The van der Waals surface area contributed by atoms with Gasteiger partial charge in [0.05, 0.1) is 11.3 Å². The number of aliphatic carboxylic acids is 1. The highest BCUT2D eigenvalue weighted by atomic mass is 16.6. The molecule has 0 spiro atoms. The predicted octanol–water partition coefficient (Wildman–Crippen LogP) is 2.01. The third kappa shape index (κ3) is 6.88. The molecule has 0 fully saturated rings. The van der Waals surface area contributed by atoms with Crippen molar-refractivity contribution in [2.45, 2.75) is 32.7 Å². The highest BCUT2D eigenvalue weighted by molar-refractivity contribution is 5.94. The number of anilines is 1. The molecule has 3 N–H and O–H groups in total. The molecule has 0 aliphatic carbocycles. The van der Waals surface area contributed by atoms with E-state index in [1.807, 2.05) is 13.8 Å². The average Bonchev–Trinajstić information content (AvgIpc) is 2.46. The molecule has 1 rings (SSSR count). The first-order chi connectivity index (χ1) is 10.8. The minimum atomic E-state index is -1.09. The van der Waals surface area contributed by atoms with E-state index < -0.39 is 22.8 Å². The summed E-state index contributed by atoms with van der Waals surface area (Å²) in [4.78, 5) is 33.1. The summed E-state index contributed by atoms with van der Waals surface area (Å²) in [5.41, 5.74) is 0.300. The Morgan fingerprint density at radius 2 is 1.87 bits per heavy atom. The number of nitrogens with zero attached hydrogens (tertiary/aromatic N) is 1. The number of nitrogens with one attached hydrogen (secondary N) is 2. The number of carboxylic acids is 1. The van der Waals surface area contributed by atoms with Crippen LogP contribution in [0.25, 0.3) is 0 Å². The van der Waals surface area contributed by atoms with Gasteiger partial charge in [0, 0.05) is 17.8 Å². The van der Waals surface area contributed by atoms with Crippen molar-refractivity contribution >= 4 is 23.3 Å². The lowest BCUT2D eigenvalue weighted by atomic mass is 10.1. The predicted molar refractivity (Wildman–Crippen MR) is 85.2 cm³/mol. The molecule has 1 atom stereocenters. The Kier molecular flexibility index (Phi) is 7.14. The Morgan fingerprint density at radius 3 is 2.35 bits per heavy atom. The SMILES string of the molecule is CC(C)CCNC(CC(=O)Nc1ccc([N+](=O)[O-])cc1)C(=O)O. The van der Waals surface area contributed by atoms with Crippen LogP contribution < -0.4 is 10.6 Å². The smallest absolute Gasteiger partial charge is 0.321 e. The molecule has 0 aliphatic heterocycles. The maximum Gasteiger partial charge on any atom is 0.321 e. The lowest BCUT2D eigenvalue weighted by molar-refractivity contribution is -0.384. The maximum atomic E-state index is 11.9. The van der Waals surface area contributed by atoms with Gasteiger partial charge in [0.15, 0.2) is 0 Å². The molecule has 0 aliphatic rings. The van der Waals surface area contributed by atoms with Gasteiger partial charge < -0.3 is 15.7 Å². The van der Waals surface area contributed by atoms with Crippen molar-refractivity contribution in [3.05, 3.63) is 34.4 Å². The lowest BCUT2D eigenvalue weighted by Crippen LogP contribution is -2.40. The molecule has 1 aromatic rings. The number of hydrogen-bond donors (Lipinski definition) is 3. The van der Waals surface area contributed by atoms with Crippen molar-refractivity contribution in [3.8, 4) is 0 Å². The minimum absolute atomic E-state index is 0.0817. The number of benzene rings is 1. The van der Waals surface area contributed by atoms with Gasteiger partial charge in [-0.15, -0.1) is 0 Å². The van der Waals surface area contributed by atoms with E-state index in [-0.39, 0.29) is 12.1 Å². The topological polar surface area (TPSA) is 122 Å². The second kappa shape index (κ2) is 8.84. The Labute approximate surface area is 134 Å². The summed E-state index contributed by atoms with van der Waals surface area (Å²) >= 11 is 0. The number of rotatable bonds is 9. The van der Waals surface area contributed by atoms with E-state index in [9.17, 15) is 19.7 Å². The van der Waals surface area contributed by atoms with E-state index in [1.54, 1.807) is 0 Å². The molecule has 1 amide bonds. The standard InChI is InChI=1S/C15H21N3O5/c1-10(2)7-8-16-13(15(20)21)9-14(19)17-11-3-5-12(6-4-11)18(22)23/h3-6,10,13,16H,7-9H2,1-2H3,(H,17,19)(H,20,21). The highest BCUT2D eigenvalue weighted by Gasteiger charge is 2.20. The Bertz CT molecular complexity index is 557. The van der Waals surface area contributed by atoms with Gasteiger partial charge in [0.25, 0.3) is 5.69 Å². The molecule has 23 heavy (non-hydrogen) atoms. The van der Waals surface area contributed by atoms with E-state index >= 15 is 0 Å². The first-order valence-corrected chi connectivity index (χ1v) is 7.30. The Hall–Kier alpha value is -2.48. The third-order valence-electron chi connectivity index (χ3n) is 3.16. The van der Waals surface area contributed by atoms with E-state index in [0.717, 1.165) is 6.42 Å². The minimum Gasteiger partial charge on any atom is -0.480 e. The van der Waals surface area contributed by atoms with E-state index in [4.69, 9.17) is 5.11 Å². The number of carbonyl (C=O) groups is 2. The Balaban J connectivity index is 2.54. The van der Waals surface area contributed by atoms with Crippen molar-refractivity contribution in [1.82, 2.24) is 5.32 Å². The molecule has 8 nitrogen and oxygen atoms in total. The number of hydrogen-bond acceptors (Lipinski definition) is 5. The van der Waals surface area contributed by atoms with Crippen LogP contribution in [0.1, 0.15) is 26.7 Å². The van der Waals surface area contributed by atoms with Gasteiger partial charge in [-0.1, -0.05) is 13.8 Å². The molecular weight excluding hydrogens is 302 g/mol. The van der Waals surface area contributed by atoms with Gasteiger partial charge in [-0.3, -0.25) is 19.7 Å². The monoisotopic (exact) mass is 323 g/mol. The number of nitro groups is 1. The summed E-state index contributed by atoms with van der Waals surface area (Å²) in [6.45, 7) is 4.57. The largest absolute Gasteiger partial charge is 0.480 e. The number of nitro benzene ring substituents is 1. The van der Waals surface area contributed by atoms with Crippen LogP contribution in [0, 0.1) is 16.0 Å². The van der Waals surface area contributed by atoms with Gasteiger partial charge in [0.2, 0.25) is 5.91 Å². The van der Waals surface area contributed by atoms with Crippen LogP contribution in [0.15, 0.2) is 24.3 Å². The summed E-state index contributed by atoms with van der Waals surface area (Å²) in [5.74, 6) is -1.12. The first kappa shape index (κ1) is 18.6. The fourth-order valence-corrected chi connectivity index (χ4v) is 1.86. The lowest BCUT2D eigenvalue weighted by Gasteiger charge is -2.15. The van der Waals surface area contributed by atoms with E-state index in [1.165, 1.54) is 24.3 Å². The summed E-state index contributed by atoms with van der Waals surface area (Å²) in [5, 5.41) is 25.1. The van der Waals surface area contributed by atoms with Gasteiger partial charge in [0.1, 0.15) is 6.04 Å². The highest BCUT2D eigenvalue weighted by Crippen LogP contribution is 2.15. The fourth-order valence-electron chi connectivity index (χ4n) is 1.86. The molecule has 1 aromatic carbocycles. The van der Waals surface area contributed by atoms with Crippen LogP contribution in [0.5, 0.6) is 0 Å². The Morgan fingerprint density at radius 1 is 1.26 bits per heavy atom. The average molecular weight is 323 g/mol. The van der Waals surface area contributed by atoms with Gasteiger partial charge in [-0.25, -0.2) is 0 Å². The number of carboxylic acid groups (broad SMARTS) is 1. The van der Waals surface area contributed by atoms with Crippen molar-refractivity contribution in [3.63, 3.8) is 0 Å². The molecule has 126 valence electrons.